The van der Waals surface area contributed by atoms with Crippen LogP contribution in [0.4, 0.5) is 36.7 Å². The normalized spacial score (nSPS) is 13.7. The molecule has 0 radical (unpaired) electrons. The third kappa shape index (κ3) is 5.56. The molecule has 9 nitrogen and oxygen atoms in total. The standard InChI is InChI=1S/C21H21F2N7O2/c22-20(23)32-16-5-3-4-15(12-16)27-21(31)30-10-8-29(9-11-30)19-13-18(25-14-26-19)28-17-6-1-2-7-24-17/h1-7,12-14,20H,8-11H2,(H,27,31)(H,24,25,26,28). The molecular weight excluding hydrogens is 420 g/mol. The van der Waals surface area contributed by atoms with Crippen LogP contribution in [0.15, 0.2) is 61.1 Å². The van der Waals surface area contributed by atoms with E-state index in [0.717, 1.165) is 5.82 Å². The zero-order chi connectivity index (χ0) is 22.3. The fourth-order valence-electron chi connectivity index (χ4n) is 3.25. The van der Waals surface area contributed by atoms with E-state index in [0.29, 0.717) is 43.5 Å². The van der Waals surface area contributed by atoms with Crippen molar-refractivity contribution in [2.24, 2.45) is 0 Å². The van der Waals surface area contributed by atoms with Crippen molar-refractivity contribution in [1.82, 2.24) is 19.9 Å². The van der Waals surface area contributed by atoms with Crippen LogP contribution in [-0.4, -0.2) is 58.7 Å². The topological polar surface area (TPSA) is 95.5 Å². The molecule has 1 aromatic carbocycles. The lowest BCUT2D eigenvalue weighted by Gasteiger charge is -2.35. The van der Waals surface area contributed by atoms with Crippen molar-refractivity contribution in [3.8, 4) is 5.75 Å². The quantitative estimate of drug-likeness (QED) is 0.604. The summed E-state index contributed by atoms with van der Waals surface area (Å²) in [6.07, 6.45) is 3.17. The first-order valence-corrected chi connectivity index (χ1v) is 9.93. The summed E-state index contributed by atoms with van der Waals surface area (Å²) in [6.45, 7) is -0.794. The number of hydrogen-bond donors (Lipinski definition) is 2. The van der Waals surface area contributed by atoms with Crippen LogP contribution in [-0.2, 0) is 0 Å². The molecule has 1 saturated heterocycles. The molecule has 3 aromatic rings. The highest BCUT2D eigenvalue weighted by Crippen LogP contribution is 2.21. The molecule has 0 aliphatic carbocycles. The minimum Gasteiger partial charge on any atom is -0.435 e. The number of urea groups is 1. The highest BCUT2D eigenvalue weighted by atomic mass is 19.3. The number of rotatable bonds is 6. The summed E-state index contributed by atoms with van der Waals surface area (Å²) < 4.78 is 29.1. The van der Waals surface area contributed by atoms with E-state index in [1.54, 1.807) is 17.2 Å². The first-order valence-electron chi connectivity index (χ1n) is 9.93. The summed E-state index contributed by atoms with van der Waals surface area (Å²) >= 11 is 0. The zero-order valence-corrected chi connectivity index (χ0v) is 17.0. The van der Waals surface area contributed by atoms with Crippen molar-refractivity contribution in [2.75, 3.05) is 41.7 Å². The lowest BCUT2D eigenvalue weighted by molar-refractivity contribution is -0.0498. The van der Waals surface area contributed by atoms with Crippen molar-refractivity contribution in [1.29, 1.82) is 0 Å². The lowest BCUT2D eigenvalue weighted by Crippen LogP contribution is -2.50. The number of hydrogen-bond acceptors (Lipinski definition) is 7. The third-order valence-corrected chi connectivity index (χ3v) is 4.78. The van der Waals surface area contributed by atoms with Gasteiger partial charge in [0.25, 0.3) is 0 Å². The molecular formula is C21H21F2N7O2. The Balaban J connectivity index is 1.32. The lowest BCUT2D eigenvalue weighted by atomic mass is 10.3. The second-order valence-corrected chi connectivity index (χ2v) is 6.91. The van der Waals surface area contributed by atoms with Gasteiger partial charge in [-0.05, 0) is 24.3 Å². The molecule has 32 heavy (non-hydrogen) atoms. The second kappa shape index (κ2) is 9.86. The average molecular weight is 441 g/mol. The first-order chi connectivity index (χ1) is 15.6. The Bertz CT molecular complexity index is 1050. The van der Waals surface area contributed by atoms with E-state index < -0.39 is 6.61 Å². The van der Waals surface area contributed by atoms with Crippen LogP contribution in [0.3, 0.4) is 0 Å². The molecule has 0 saturated carbocycles. The SMILES string of the molecule is O=C(Nc1cccc(OC(F)F)c1)N1CCN(c2cc(Nc3ccccn3)ncn2)CC1. The minimum absolute atomic E-state index is 0.0125. The predicted molar refractivity (Wildman–Crippen MR) is 115 cm³/mol. The van der Waals surface area contributed by atoms with E-state index in [2.05, 4.69) is 35.2 Å². The van der Waals surface area contributed by atoms with Crippen LogP contribution >= 0.6 is 0 Å². The molecule has 2 amide bonds. The Kier molecular flexibility index (Phi) is 6.54. The van der Waals surface area contributed by atoms with Crippen molar-refractivity contribution in [2.45, 2.75) is 6.61 Å². The van der Waals surface area contributed by atoms with E-state index in [4.69, 9.17) is 0 Å². The number of nitrogens with one attached hydrogen (secondary N) is 2. The van der Waals surface area contributed by atoms with Gasteiger partial charge in [-0.3, -0.25) is 0 Å². The van der Waals surface area contributed by atoms with Gasteiger partial charge in [0, 0.05) is 50.2 Å². The molecule has 0 unspecified atom stereocenters. The van der Waals surface area contributed by atoms with Crippen molar-refractivity contribution < 1.29 is 18.3 Å². The van der Waals surface area contributed by atoms with Crippen LogP contribution in [0.2, 0.25) is 0 Å². The molecule has 11 heteroatoms. The van der Waals surface area contributed by atoms with Gasteiger partial charge in [-0.25, -0.2) is 19.7 Å². The number of ether oxygens (including phenoxy) is 1. The van der Waals surface area contributed by atoms with Crippen molar-refractivity contribution >= 4 is 29.2 Å². The number of nitrogens with zero attached hydrogens (tertiary/aromatic N) is 5. The molecule has 166 valence electrons. The molecule has 3 heterocycles. The number of anilines is 4. The number of benzene rings is 1. The zero-order valence-electron chi connectivity index (χ0n) is 17.0. The van der Waals surface area contributed by atoms with E-state index in [9.17, 15) is 13.6 Å². The maximum atomic E-state index is 12.6. The maximum absolute atomic E-state index is 12.6. The monoisotopic (exact) mass is 441 g/mol. The van der Waals surface area contributed by atoms with Gasteiger partial charge in [-0.1, -0.05) is 12.1 Å². The Hall–Kier alpha value is -4.02. The van der Waals surface area contributed by atoms with Crippen LogP contribution in [0, 0.1) is 0 Å². The summed E-state index contributed by atoms with van der Waals surface area (Å²) in [5.74, 6) is 2.04. The number of amides is 2. The van der Waals surface area contributed by atoms with Gasteiger partial charge in [-0.15, -0.1) is 0 Å². The van der Waals surface area contributed by atoms with Gasteiger partial charge in [0.2, 0.25) is 0 Å². The van der Waals surface area contributed by atoms with Crippen LogP contribution in [0.5, 0.6) is 5.75 Å². The molecule has 1 aliphatic rings. The third-order valence-electron chi connectivity index (χ3n) is 4.78. The van der Waals surface area contributed by atoms with E-state index in [1.807, 2.05) is 24.3 Å². The number of piperazine rings is 1. The van der Waals surface area contributed by atoms with E-state index >= 15 is 0 Å². The largest absolute Gasteiger partial charge is 0.435 e. The summed E-state index contributed by atoms with van der Waals surface area (Å²) in [4.78, 5) is 29.1. The van der Waals surface area contributed by atoms with E-state index in [1.165, 1.54) is 24.5 Å². The number of aromatic nitrogens is 3. The maximum Gasteiger partial charge on any atom is 0.387 e. The Labute approximate surface area is 183 Å². The fraction of sp³-hybridized carbons (Fsp3) is 0.238. The van der Waals surface area contributed by atoms with Gasteiger partial charge < -0.3 is 25.2 Å². The molecule has 1 fully saturated rings. The highest BCUT2D eigenvalue weighted by molar-refractivity contribution is 5.89. The molecule has 0 bridgehead atoms. The van der Waals surface area contributed by atoms with Gasteiger partial charge in [0.05, 0.1) is 0 Å². The molecule has 1 aliphatic heterocycles. The molecule has 0 spiro atoms. The van der Waals surface area contributed by atoms with Crippen LogP contribution in [0.1, 0.15) is 0 Å². The van der Waals surface area contributed by atoms with Crippen LogP contribution in [0.25, 0.3) is 0 Å². The Morgan fingerprint density at radius 3 is 2.56 bits per heavy atom. The van der Waals surface area contributed by atoms with Gasteiger partial charge in [-0.2, -0.15) is 8.78 Å². The summed E-state index contributed by atoms with van der Waals surface area (Å²) in [7, 11) is 0. The predicted octanol–water partition coefficient (Wildman–Crippen LogP) is 3.57. The first kappa shape index (κ1) is 21.2. The van der Waals surface area contributed by atoms with Gasteiger partial charge in [0.15, 0.2) is 0 Å². The van der Waals surface area contributed by atoms with Gasteiger partial charge >= 0.3 is 12.6 Å². The van der Waals surface area contributed by atoms with Gasteiger partial charge in [0.1, 0.15) is 29.5 Å². The van der Waals surface area contributed by atoms with Crippen molar-refractivity contribution in [3.05, 3.63) is 61.1 Å². The minimum atomic E-state index is -2.92. The molecule has 4 rings (SSSR count). The average Bonchev–Trinajstić information content (AvgIpc) is 2.80. The summed E-state index contributed by atoms with van der Waals surface area (Å²) in [5.41, 5.74) is 0.386. The number of alkyl halides is 2. The highest BCUT2D eigenvalue weighted by Gasteiger charge is 2.22. The number of carbonyl (C=O) groups is 1. The molecule has 2 aromatic heterocycles. The summed E-state index contributed by atoms with van der Waals surface area (Å²) in [6, 6.07) is 13.0. The smallest absolute Gasteiger partial charge is 0.387 e. The number of halogens is 2. The summed E-state index contributed by atoms with van der Waals surface area (Å²) in [5, 5.41) is 5.85. The molecule has 0 atom stereocenters. The Morgan fingerprint density at radius 2 is 1.81 bits per heavy atom. The van der Waals surface area contributed by atoms with Crippen molar-refractivity contribution in [3.63, 3.8) is 0 Å². The number of carbonyl (C=O) groups excluding carboxylic acids is 1. The Morgan fingerprint density at radius 1 is 0.969 bits per heavy atom. The number of pyridine rings is 1. The van der Waals surface area contributed by atoms with Crippen LogP contribution < -0.4 is 20.3 Å². The molecule has 2 N–H and O–H groups in total. The second-order valence-electron chi connectivity index (χ2n) is 6.91. The van der Waals surface area contributed by atoms with E-state index in [-0.39, 0.29) is 11.8 Å². The fourth-order valence-corrected chi connectivity index (χ4v) is 3.25.